The summed E-state index contributed by atoms with van der Waals surface area (Å²) < 4.78 is 10.5. The predicted molar refractivity (Wildman–Crippen MR) is 85.2 cm³/mol. The second-order valence-electron chi connectivity index (χ2n) is 4.84. The van der Waals surface area contributed by atoms with Crippen molar-refractivity contribution in [1.29, 1.82) is 5.26 Å². The maximum absolute atomic E-state index is 11.9. The highest BCUT2D eigenvalue weighted by Crippen LogP contribution is 2.26. The number of esters is 1. The molecule has 0 radical (unpaired) electrons. The van der Waals surface area contributed by atoms with Crippen LogP contribution in [0.15, 0.2) is 15.5 Å². The molecule has 0 aliphatic carbocycles. The van der Waals surface area contributed by atoms with Crippen LogP contribution in [-0.2, 0) is 10.5 Å². The van der Waals surface area contributed by atoms with Gasteiger partial charge in [0.25, 0.3) is 0 Å². The monoisotopic (exact) mass is 331 g/mol. The van der Waals surface area contributed by atoms with Gasteiger partial charge in [-0.15, -0.1) is 0 Å². The average molecular weight is 331 g/mol. The molecule has 0 amide bonds. The first-order valence-electron chi connectivity index (χ1n) is 7.10. The molecule has 0 fully saturated rings. The number of carbonyl (C=O) groups excluding carboxylic acids is 1. The Labute approximate surface area is 138 Å². The van der Waals surface area contributed by atoms with E-state index in [1.807, 2.05) is 13.8 Å². The fourth-order valence-corrected chi connectivity index (χ4v) is 2.77. The lowest BCUT2D eigenvalue weighted by atomic mass is 10.1. The Morgan fingerprint density at radius 1 is 1.35 bits per heavy atom. The normalized spacial score (nSPS) is 10.4. The van der Waals surface area contributed by atoms with Crippen LogP contribution in [0.4, 0.5) is 0 Å². The Bertz CT molecular complexity index is 758. The molecule has 23 heavy (non-hydrogen) atoms. The lowest BCUT2D eigenvalue weighted by molar-refractivity contribution is 0.0524. The van der Waals surface area contributed by atoms with Gasteiger partial charge in [-0.05, 0) is 33.8 Å². The summed E-state index contributed by atoms with van der Waals surface area (Å²) in [5.41, 5.74) is 2.03. The van der Waals surface area contributed by atoms with E-state index in [-0.39, 0.29) is 6.61 Å². The largest absolute Gasteiger partial charge is 0.462 e. The van der Waals surface area contributed by atoms with Crippen LogP contribution in [0.25, 0.3) is 0 Å². The summed E-state index contributed by atoms with van der Waals surface area (Å²) in [5.74, 6) is 1.37. The molecule has 0 bridgehead atoms. The molecule has 0 unspecified atom stereocenters. The molecule has 0 aliphatic rings. The Morgan fingerprint density at radius 2 is 2.09 bits per heavy atom. The summed E-state index contributed by atoms with van der Waals surface area (Å²) in [4.78, 5) is 20.5. The van der Waals surface area contributed by atoms with Crippen LogP contribution in [0, 0.1) is 32.1 Å². The molecule has 2 heterocycles. The van der Waals surface area contributed by atoms with Crippen molar-refractivity contribution in [3.63, 3.8) is 0 Å². The van der Waals surface area contributed by atoms with Crippen LogP contribution in [0.2, 0.25) is 0 Å². The Morgan fingerprint density at radius 3 is 2.65 bits per heavy atom. The summed E-state index contributed by atoms with van der Waals surface area (Å²) in [5, 5.41) is 9.84. The zero-order valence-electron chi connectivity index (χ0n) is 13.5. The minimum absolute atomic E-state index is 0.277. The molecule has 7 heteroatoms. The van der Waals surface area contributed by atoms with Gasteiger partial charge in [0, 0.05) is 0 Å². The van der Waals surface area contributed by atoms with Gasteiger partial charge in [0.2, 0.25) is 5.89 Å². The van der Waals surface area contributed by atoms with Crippen LogP contribution in [0.3, 0.4) is 0 Å². The number of ether oxygens (including phenoxy) is 1. The predicted octanol–water partition coefficient (Wildman–Crippen LogP) is 3.34. The summed E-state index contributed by atoms with van der Waals surface area (Å²) in [6.07, 6.45) is 0. The number of aryl methyl sites for hydroxylation is 3. The van der Waals surface area contributed by atoms with Crippen LogP contribution in [-0.4, -0.2) is 22.5 Å². The molecule has 2 aromatic rings. The maximum atomic E-state index is 11.9. The van der Waals surface area contributed by atoms with E-state index in [9.17, 15) is 10.1 Å². The highest BCUT2D eigenvalue weighted by molar-refractivity contribution is 7.98. The van der Waals surface area contributed by atoms with Crippen LogP contribution in [0.5, 0.6) is 0 Å². The first-order valence-corrected chi connectivity index (χ1v) is 8.09. The van der Waals surface area contributed by atoms with Crippen molar-refractivity contribution in [3.8, 4) is 6.07 Å². The van der Waals surface area contributed by atoms with Crippen LogP contribution >= 0.6 is 11.8 Å². The number of nitriles is 1. The topological polar surface area (TPSA) is 89.0 Å². The molecule has 0 spiro atoms. The van der Waals surface area contributed by atoms with Crippen LogP contribution in [0.1, 0.15) is 45.9 Å². The summed E-state index contributed by atoms with van der Waals surface area (Å²) in [6, 6.07) is 3.59. The standard InChI is InChI=1S/C16H17N3O3S/c1-5-21-16(20)13-6-12(7-17)15(19-10(13)3)23-8-14-18-9(2)11(4)22-14/h6H,5,8H2,1-4H3. The zero-order chi connectivity index (χ0) is 17.0. The Balaban J connectivity index is 2.23. The first kappa shape index (κ1) is 17.0. The Kier molecular flexibility index (Phi) is 5.40. The van der Waals surface area contributed by atoms with Crippen molar-refractivity contribution in [3.05, 3.63) is 40.2 Å². The quantitative estimate of drug-likeness (QED) is 0.613. The number of pyridine rings is 1. The van der Waals surface area contributed by atoms with Crippen LogP contribution < -0.4 is 0 Å². The van der Waals surface area contributed by atoms with E-state index >= 15 is 0 Å². The third-order valence-electron chi connectivity index (χ3n) is 3.20. The van der Waals surface area contributed by atoms with Gasteiger partial charge in [0.15, 0.2) is 0 Å². The van der Waals surface area contributed by atoms with E-state index in [0.717, 1.165) is 11.5 Å². The smallest absolute Gasteiger partial charge is 0.340 e. The van der Waals surface area contributed by atoms with E-state index in [4.69, 9.17) is 9.15 Å². The second kappa shape index (κ2) is 7.29. The van der Waals surface area contributed by atoms with Crippen molar-refractivity contribution in [2.24, 2.45) is 0 Å². The number of aromatic nitrogens is 2. The molecule has 0 saturated carbocycles. The summed E-state index contributed by atoms with van der Waals surface area (Å²) in [6.45, 7) is 7.46. The van der Waals surface area contributed by atoms with Crippen molar-refractivity contribution < 1.29 is 13.9 Å². The van der Waals surface area contributed by atoms with Crippen molar-refractivity contribution in [2.45, 2.75) is 38.5 Å². The SMILES string of the molecule is CCOC(=O)c1cc(C#N)c(SCc2nc(C)c(C)o2)nc1C. The van der Waals surface area contributed by atoms with Gasteiger partial charge >= 0.3 is 5.97 Å². The van der Waals surface area contributed by atoms with E-state index in [1.54, 1.807) is 13.8 Å². The van der Waals surface area contributed by atoms with Gasteiger partial charge in [0.1, 0.15) is 16.9 Å². The van der Waals surface area contributed by atoms with Gasteiger partial charge < -0.3 is 9.15 Å². The lowest BCUT2D eigenvalue weighted by Gasteiger charge is -2.08. The third-order valence-corrected chi connectivity index (χ3v) is 4.18. The zero-order valence-corrected chi connectivity index (χ0v) is 14.3. The molecule has 0 N–H and O–H groups in total. The Hall–Kier alpha value is -2.33. The molecule has 2 rings (SSSR count). The molecule has 0 aromatic carbocycles. The lowest BCUT2D eigenvalue weighted by Crippen LogP contribution is -2.09. The van der Waals surface area contributed by atoms with Gasteiger partial charge in [-0.25, -0.2) is 14.8 Å². The fourth-order valence-electron chi connectivity index (χ4n) is 1.92. The summed E-state index contributed by atoms with van der Waals surface area (Å²) >= 11 is 1.35. The second-order valence-corrected chi connectivity index (χ2v) is 5.81. The molecule has 0 saturated heterocycles. The number of thioether (sulfide) groups is 1. The molecule has 0 atom stereocenters. The highest BCUT2D eigenvalue weighted by atomic mass is 32.2. The van der Waals surface area contributed by atoms with E-state index in [2.05, 4.69) is 16.0 Å². The maximum Gasteiger partial charge on any atom is 0.340 e. The number of hydrogen-bond donors (Lipinski definition) is 0. The van der Waals surface area contributed by atoms with Crippen molar-refractivity contribution >= 4 is 17.7 Å². The van der Waals surface area contributed by atoms with E-state index in [0.29, 0.717) is 33.5 Å². The van der Waals surface area contributed by atoms with E-state index in [1.165, 1.54) is 17.8 Å². The molecular weight excluding hydrogens is 314 g/mol. The minimum Gasteiger partial charge on any atom is -0.462 e. The van der Waals surface area contributed by atoms with Gasteiger partial charge in [-0.3, -0.25) is 0 Å². The third kappa shape index (κ3) is 3.90. The van der Waals surface area contributed by atoms with Gasteiger partial charge in [0.05, 0.1) is 34.9 Å². The number of carbonyl (C=O) groups is 1. The molecular formula is C16H17N3O3S. The fraction of sp³-hybridized carbons (Fsp3) is 0.375. The molecule has 2 aromatic heterocycles. The van der Waals surface area contributed by atoms with Gasteiger partial charge in [-0.2, -0.15) is 5.26 Å². The number of hydrogen-bond acceptors (Lipinski definition) is 7. The molecule has 120 valence electrons. The minimum atomic E-state index is -0.468. The number of rotatable bonds is 5. The number of oxazole rings is 1. The summed E-state index contributed by atoms with van der Waals surface area (Å²) in [7, 11) is 0. The molecule has 0 aliphatic heterocycles. The first-order chi connectivity index (χ1) is 11.0. The highest BCUT2D eigenvalue weighted by Gasteiger charge is 2.17. The average Bonchev–Trinajstić information content (AvgIpc) is 2.84. The molecule has 6 nitrogen and oxygen atoms in total. The van der Waals surface area contributed by atoms with Gasteiger partial charge in [-0.1, -0.05) is 11.8 Å². The van der Waals surface area contributed by atoms with Crippen molar-refractivity contribution in [2.75, 3.05) is 6.61 Å². The van der Waals surface area contributed by atoms with Crippen molar-refractivity contribution in [1.82, 2.24) is 9.97 Å². The van der Waals surface area contributed by atoms with E-state index < -0.39 is 5.97 Å². The number of nitrogens with zero attached hydrogens (tertiary/aromatic N) is 3.